The highest BCUT2D eigenvalue weighted by atomic mass is 79.9. The maximum atomic E-state index is 11.7. The predicted molar refractivity (Wildman–Crippen MR) is 69.3 cm³/mol. The summed E-state index contributed by atoms with van der Waals surface area (Å²) in [6.07, 6.45) is 0.461. The van der Waals surface area contributed by atoms with Crippen molar-refractivity contribution in [2.75, 3.05) is 18.9 Å². The normalized spacial score (nSPS) is 10.1. The number of amides is 1. The molecular formula is C11H13Br2NO. The Balaban J connectivity index is 2.58. The molecule has 0 atom stereocenters. The number of benzene rings is 1. The highest BCUT2D eigenvalue weighted by Crippen LogP contribution is 2.12. The first-order valence-corrected chi connectivity index (χ1v) is 6.59. The van der Waals surface area contributed by atoms with Crippen LogP contribution in [0.4, 0.5) is 0 Å². The summed E-state index contributed by atoms with van der Waals surface area (Å²) in [4.78, 5) is 13.4. The SMILES string of the molecule is CN(CCBr)C(=O)Cc1cccc(Br)c1. The summed E-state index contributed by atoms with van der Waals surface area (Å²) in [6.45, 7) is 0.743. The molecule has 1 rings (SSSR count). The molecule has 1 amide bonds. The minimum atomic E-state index is 0.146. The van der Waals surface area contributed by atoms with Gasteiger partial charge < -0.3 is 4.90 Å². The van der Waals surface area contributed by atoms with Crippen LogP contribution in [0.25, 0.3) is 0 Å². The van der Waals surface area contributed by atoms with Crippen molar-refractivity contribution in [3.8, 4) is 0 Å². The summed E-state index contributed by atoms with van der Waals surface area (Å²) >= 11 is 6.70. The standard InChI is InChI=1S/C11H13Br2NO/c1-14(6-5-12)11(15)8-9-3-2-4-10(13)7-9/h2-4,7H,5-6,8H2,1H3. The van der Waals surface area contributed by atoms with Crippen LogP contribution >= 0.6 is 31.9 Å². The van der Waals surface area contributed by atoms with Gasteiger partial charge in [0.1, 0.15) is 0 Å². The highest BCUT2D eigenvalue weighted by Gasteiger charge is 2.08. The van der Waals surface area contributed by atoms with E-state index in [-0.39, 0.29) is 5.91 Å². The number of alkyl halides is 1. The quantitative estimate of drug-likeness (QED) is 0.775. The van der Waals surface area contributed by atoms with Gasteiger partial charge >= 0.3 is 0 Å². The van der Waals surface area contributed by atoms with E-state index in [9.17, 15) is 4.79 Å². The number of nitrogens with zero attached hydrogens (tertiary/aromatic N) is 1. The molecule has 0 fully saturated rings. The Kier molecular flexibility index (Phi) is 5.32. The van der Waals surface area contributed by atoms with Crippen molar-refractivity contribution in [1.29, 1.82) is 0 Å². The summed E-state index contributed by atoms with van der Waals surface area (Å²) in [5.41, 5.74) is 1.04. The minimum Gasteiger partial charge on any atom is -0.345 e. The van der Waals surface area contributed by atoms with Gasteiger partial charge in [0.25, 0.3) is 0 Å². The van der Waals surface area contributed by atoms with Gasteiger partial charge in [-0.15, -0.1) is 0 Å². The van der Waals surface area contributed by atoms with E-state index in [1.807, 2.05) is 31.3 Å². The number of halogens is 2. The Bertz CT molecular complexity index is 341. The van der Waals surface area contributed by atoms with Gasteiger partial charge in [-0.1, -0.05) is 44.0 Å². The van der Waals surface area contributed by atoms with Crippen LogP contribution in [0.3, 0.4) is 0 Å². The third-order valence-corrected chi connectivity index (χ3v) is 2.94. The lowest BCUT2D eigenvalue weighted by atomic mass is 10.1. The van der Waals surface area contributed by atoms with Crippen LogP contribution < -0.4 is 0 Å². The third kappa shape index (κ3) is 4.34. The van der Waals surface area contributed by atoms with Crippen LogP contribution in [-0.2, 0) is 11.2 Å². The first-order valence-electron chi connectivity index (χ1n) is 4.68. The molecule has 2 nitrogen and oxygen atoms in total. The number of rotatable bonds is 4. The van der Waals surface area contributed by atoms with Crippen molar-refractivity contribution in [2.24, 2.45) is 0 Å². The summed E-state index contributed by atoms with van der Waals surface area (Å²) < 4.78 is 1.01. The third-order valence-electron chi connectivity index (χ3n) is 2.09. The number of carbonyl (C=O) groups is 1. The Morgan fingerprint density at radius 2 is 2.20 bits per heavy atom. The van der Waals surface area contributed by atoms with Gasteiger partial charge in [0, 0.05) is 23.4 Å². The summed E-state index contributed by atoms with van der Waals surface area (Å²) in [6, 6.07) is 7.83. The molecule has 0 bridgehead atoms. The lowest BCUT2D eigenvalue weighted by molar-refractivity contribution is -0.128. The topological polar surface area (TPSA) is 20.3 Å². The van der Waals surface area contributed by atoms with Crippen molar-refractivity contribution in [3.05, 3.63) is 34.3 Å². The van der Waals surface area contributed by atoms with Gasteiger partial charge in [-0.05, 0) is 17.7 Å². The van der Waals surface area contributed by atoms with E-state index in [1.54, 1.807) is 4.90 Å². The van der Waals surface area contributed by atoms with Gasteiger partial charge in [0.15, 0.2) is 0 Å². The molecule has 0 radical (unpaired) electrons. The molecule has 0 aliphatic rings. The maximum absolute atomic E-state index is 11.7. The molecule has 1 aromatic rings. The van der Waals surface area contributed by atoms with Gasteiger partial charge in [-0.25, -0.2) is 0 Å². The lowest BCUT2D eigenvalue weighted by Gasteiger charge is -2.15. The van der Waals surface area contributed by atoms with Gasteiger partial charge in [0.2, 0.25) is 5.91 Å². The Morgan fingerprint density at radius 1 is 1.47 bits per heavy atom. The van der Waals surface area contributed by atoms with E-state index in [0.29, 0.717) is 6.42 Å². The second-order valence-electron chi connectivity index (χ2n) is 3.31. The minimum absolute atomic E-state index is 0.146. The van der Waals surface area contributed by atoms with Crippen molar-refractivity contribution >= 4 is 37.8 Å². The molecule has 0 saturated heterocycles. The van der Waals surface area contributed by atoms with E-state index in [0.717, 1.165) is 21.9 Å². The second-order valence-corrected chi connectivity index (χ2v) is 5.02. The molecule has 0 spiro atoms. The second kappa shape index (κ2) is 6.28. The molecule has 0 aliphatic carbocycles. The molecule has 15 heavy (non-hydrogen) atoms. The number of carbonyl (C=O) groups excluding carboxylic acids is 1. The Labute approximate surface area is 107 Å². The van der Waals surface area contributed by atoms with Crippen molar-refractivity contribution in [1.82, 2.24) is 4.90 Å². The molecule has 82 valence electrons. The Hall–Kier alpha value is -0.350. The summed E-state index contributed by atoms with van der Waals surface area (Å²) in [7, 11) is 1.82. The smallest absolute Gasteiger partial charge is 0.226 e. The molecule has 0 aliphatic heterocycles. The zero-order valence-corrected chi connectivity index (χ0v) is 11.7. The molecule has 0 N–H and O–H groups in total. The molecule has 1 aromatic carbocycles. The van der Waals surface area contributed by atoms with E-state index < -0.39 is 0 Å². The van der Waals surface area contributed by atoms with E-state index in [1.165, 1.54) is 0 Å². The van der Waals surface area contributed by atoms with Crippen LogP contribution in [0.15, 0.2) is 28.7 Å². The fourth-order valence-electron chi connectivity index (χ4n) is 1.21. The summed E-state index contributed by atoms with van der Waals surface area (Å²) in [5.74, 6) is 0.146. The van der Waals surface area contributed by atoms with Gasteiger partial charge in [-0.2, -0.15) is 0 Å². The van der Waals surface area contributed by atoms with Crippen LogP contribution in [0.2, 0.25) is 0 Å². The first kappa shape index (κ1) is 12.7. The van der Waals surface area contributed by atoms with Crippen LogP contribution in [-0.4, -0.2) is 29.7 Å². The molecule has 0 saturated carbocycles. The molecule has 0 aromatic heterocycles. The van der Waals surface area contributed by atoms with Crippen LogP contribution in [0.1, 0.15) is 5.56 Å². The highest BCUT2D eigenvalue weighted by molar-refractivity contribution is 9.10. The number of hydrogen-bond donors (Lipinski definition) is 0. The van der Waals surface area contributed by atoms with Crippen molar-refractivity contribution in [3.63, 3.8) is 0 Å². The molecule has 4 heteroatoms. The maximum Gasteiger partial charge on any atom is 0.226 e. The van der Waals surface area contributed by atoms with E-state index in [4.69, 9.17) is 0 Å². The Morgan fingerprint density at radius 3 is 2.80 bits per heavy atom. The van der Waals surface area contributed by atoms with Gasteiger partial charge in [-0.3, -0.25) is 4.79 Å². The fraction of sp³-hybridized carbons (Fsp3) is 0.364. The lowest BCUT2D eigenvalue weighted by Crippen LogP contribution is -2.29. The largest absolute Gasteiger partial charge is 0.345 e. The van der Waals surface area contributed by atoms with Crippen LogP contribution in [0.5, 0.6) is 0 Å². The van der Waals surface area contributed by atoms with Crippen molar-refractivity contribution in [2.45, 2.75) is 6.42 Å². The van der Waals surface area contributed by atoms with Crippen LogP contribution in [0, 0.1) is 0 Å². The average Bonchev–Trinajstić information content (AvgIpc) is 2.18. The summed E-state index contributed by atoms with van der Waals surface area (Å²) in [5, 5.41) is 0.813. The predicted octanol–water partition coefficient (Wildman–Crippen LogP) is 2.84. The van der Waals surface area contributed by atoms with E-state index in [2.05, 4.69) is 31.9 Å². The molecule has 0 unspecified atom stereocenters. The number of hydrogen-bond acceptors (Lipinski definition) is 1. The zero-order chi connectivity index (χ0) is 11.3. The number of likely N-dealkylation sites (N-methyl/N-ethyl adjacent to an activating group) is 1. The molecular weight excluding hydrogens is 322 g/mol. The zero-order valence-electron chi connectivity index (χ0n) is 8.54. The van der Waals surface area contributed by atoms with E-state index >= 15 is 0 Å². The van der Waals surface area contributed by atoms with Gasteiger partial charge in [0.05, 0.1) is 6.42 Å². The first-order chi connectivity index (χ1) is 7.13. The fourth-order valence-corrected chi connectivity index (χ4v) is 2.19. The molecule has 0 heterocycles. The average molecular weight is 335 g/mol. The van der Waals surface area contributed by atoms with Crippen molar-refractivity contribution < 1.29 is 4.79 Å². The monoisotopic (exact) mass is 333 g/mol.